The minimum Gasteiger partial charge on any atom is -0.480 e. The van der Waals surface area contributed by atoms with Crippen LogP contribution in [0.2, 0.25) is 0 Å². The third-order valence-electron chi connectivity index (χ3n) is 3.25. The number of aliphatic carboxylic acids is 1. The van der Waals surface area contributed by atoms with Crippen LogP contribution in [0.1, 0.15) is 25.5 Å². The molecule has 6 nitrogen and oxygen atoms in total. The molecule has 98 valence electrons. The molecule has 1 fully saturated rings. The highest BCUT2D eigenvalue weighted by Crippen LogP contribution is 2.29. The Hall–Kier alpha value is -1.63. The number of likely N-dealkylation sites (tertiary alicyclic amines) is 1. The molecule has 0 aromatic carbocycles. The average molecular weight is 269 g/mol. The molecule has 1 aromatic heterocycles. The number of urea groups is 1. The van der Waals surface area contributed by atoms with Gasteiger partial charge in [-0.25, -0.2) is 14.6 Å². The van der Waals surface area contributed by atoms with Crippen LogP contribution >= 0.6 is 11.3 Å². The minimum atomic E-state index is -1.09. The Morgan fingerprint density at radius 3 is 3.06 bits per heavy atom. The number of carboxylic acids is 1. The number of rotatable bonds is 3. The zero-order chi connectivity index (χ0) is 13.2. The van der Waals surface area contributed by atoms with E-state index in [1.54, 1.807) is 12.4 Å². The normalized spacial score (nSPS) is 23.1. The summed E-state index contributed by atoms with van der Waals surface area (Å²) in [5.74, 6) is -0.955. The van der Waals surface area contributed by atoms with Crippen LogP contribution in [0.15, 0.2) is 10.9 Å². The van der Waals surface area contributed by atoms with Crippen molar-refractivity contribution in [2.75, 3.05) is 6.54 Å². The lowest BCUT2D eigenvalue weighted by molar-refractivity contribution is -0.147. The van der Waals surface area contributed by atoms with E-state index in [9.17, 15) is 14.7 Å². The Kier molecular flexibility index (Phi) is 3.51. The molecule has 1 atom stereocenters. The van der Waals surface area contributed by atoms with E-state index < -0.39 is 11.5 Å². The van der Waals surface area contributed by atoms with Gasteiger partial charge in [0.15, 0.2) is 0 Å². The van der Waals surface area contributed by atoms with Crippen LogP contribution in [0.5, 0.6) is 0 Å². The molecule has 18 heavy (non-hydrogen) atoms. The third kappa shape index (κ3) is 2.31. The highest BCUT2D eigenvalue weighted by Gasteiger charge is 2.45. The lowest BCUT2D eigenvalue weighted by Crippen LogP contribution is -2.53. The predicted octanol–water partition coefficient (Wildman–Crippen LogP) is 1.29. The molecule has 2 rings (SSSR count). The molecule has 1 saturated heterocycles. The Bertz CT molecular complexity index is 448. The summed E-state index contributed by atoms with van der Waals surface area (Å²) >= 11 is 1.46. The third-order valence-corrected chi connectivity index (χ3v) is 3.89. The fourth-order valence-corrected chi connectivity index (χ4v) is 2.66. The van der Waals surface area contributed by atoms with Crippen molar-refractivity contribution in [2.24, 2.45) is 0 Å². The van der Waals surface area contributed by atoms with Crippen molar-refractivity contribution in [1.82, 2.24) is 15.2 Å². The number of aromatic nitrogens is 1. The summed E-state index contributed by atoms with van der Waals surface area (Å²) in [6.07, 6.45) is 1.21. The molecule has 1 aliphatic rings. The van der Waals surface area contributed by atoms with Gasteiger partial charge >= 0.3 is 12.0 Å². The highest BCUT2D eigenvalue weighted by atomic mass is 32.1. The maximum atomic E-state index is 12.0. The number of thiazole rings is 1. The van der Waals surface area contributed by atoms with Gasteiger partial charge < -0.3 is 15.3 Å². The summed E-state index contributed by atoms with van der Waals surface area (Å²) in [5.41, 5.74) is 1.38. The average Bonchev–Trinajstić information content (AvgIpc) is 2.95. The fourth-order valence-electron chi connectivity index (χ4n) is 2.10. The smallest absolute Gasteiger partial charge is 0.329 e. The second-order valence-corrected chi connectivity index (χ2v) is 5.19. The first-order valence-electron chi connectivity index (χ1n) is 5.70. The summed E-state index contributed by atoms with van der Waals surface area (Å²) in [4.78, 5) is 28.7. The van der Waals surface area contributed by atoms with Crippen molar-refractivity contribution in [1.29, 1.82) is 0 Å². The van der Waals surface area contributed by atoms with Crippen molar-refractivity contribution in [3.05, 3.63) is 16.6 Å². The Balaban J connectivity index is 1.98. The van der Waals surface area contributed by atoms with Crippen LogP contribution in [-0.2, 0) is 11.3 Å². The van der Waals surface area contributed by atoms with Gasteiger partial charge in [-0.2, -0.15) is 0 Å². The molecule has 2 amide bonds. The zero-order valence-corrected chi connectivity index (χ0v) is 10.9. The van der Waals surface area contributed by atoms with Crippen LogP contribution in [0.3, 0.4) is 0 Å². The molecular formula is C11H15N3O3S. The zero-order valence-electron chi connectivity index (χ0n) is 10.0. The SMILES string of the molecule is CC1(C(=O)O)CCCN1C(=O)NCc1cscn1. The molecule has 7 heteroatoms. The molecule has 1 aromatic rings. The number of nitrogens with zero attached hydrogens (tertiary/aromatic N) is 2. The predicted molar refractivity (Wildman–Crippen MR) is 66.3 cm³/mol. The van der Waals surface area contributed by atoms with Crippen molar-refractivity contribution in [3.8, 4) is 0 Å². The van der Waals surface area contributed by atoms with E-state index >= 15 is 0 Å². The summed E-state index contributed by atoms with van der Waals surface area (Å²) < 4.78 is 0. The van der Waals surface area contributed by atoms with E-state index in [1.807, 2.05) is 5.38 Å². The Morgan fingerprint density at radius 1 is 1.67 bits per heavy atom. The summed E-state index contributed by atoms with van der Waals surface area (Å²) in [5, 5.41) is 13.8. The van der Waals surface area contributed by atoms with E-state index in [0.29, 0.717) is 25.9 Å². The van der Waals surface area contributed by atoms with E-state index in [4.69, 9.17) is 0 Å². The van der Waals surface area contributed by atoms with Crippen molar-refractivity contribution < 1.29 is 14.7 Å². The molecular weight excluding hydrogens is 254 g/mol. The minimum absolute atomic E-state index is 0.328. The van der Waals surface area contributed by atoms with Gasteiger partial charge in [0, 0.05) is 11.9 Å². The van der Waals surface area contributed by atoms with E-state index in [2.05, 4.69) is 10.3 Å². The number of carbonyl (C=O) groups excluding carboxylic acids is 1. The number of amides is 2. The molecule has 0 spiro atoms. The second-order valence-electron chi connectivity index (χ2n) is 4.47. The number of nitrogens with one attached hydrogen (secondary N) is 1. The van der Waals surface area contributed by atoms with Gasteiger partial charge in [-0.1, -0.05) is 0 Å². The van der Waals surface area contributed by atoms with Crippen LogP contribution in [0.25, 0.3) is 0 Å². The number of carboxylic acid groups (broad SMARTS) is 1. The maximum Gasteiger partial charge on any atom is 0.329 e. The summed E-state index contributed by atoms with van der Waals surface area (Å²) in [7, 11) is 0. The molecule has 0 radical (unpaired) electrons. The molecule has 1 unspecified atom stereocenters. The topological polar surface area (TPSA) is 82.5 Å². The number of hydrogen-bond donors (Lipinski definition) is 2. The largest absolute Gasteiger partial charge is 0.480 e. The lowest BCUT2D eigenvalue weighted by Gasteiger charge is -2.31. The first kappa shape index (κ1) is 12.8. The quantitative estimate of drug-likeness (QED) is 0.866. The first-order chi connectivity index (χ1) is 8.54. The maximum absolute atomic E-state index is 12.0. The van der Waals surface area contributed by atoms with E-state index in [-0.39, 0.29) is 6.03 Å². The summed E-state index contributed by atoms with van der Waals surface area (Å²) in [6.45, 7) is 2.39. The fraction of sp³-hybridized carbons (Fsp3) is 0.545. The van der Waals surface area contributed by atoms with Crippen molar-refractivity contribution in [3.63, 3.8) is 0 Å². The van der Waals surface area contributed by atoms with Gasteiger partial charge in [0.2, 0.25) is 0 Å². The number of hydrogen-bond acceptors (Lipinski definition) is 4. The molecule has 1 aliphatic heterocycles. The van der Waals surface area contributed by atoms with E-state index in [1.165, 1.54) is 16.2 Å². The van der Waals surface area contributed by atoms with Gasteiger partial charge in [0.05, 0.1) is 17.7 Å². The van der Waals surface area contributed by atoms with Crippen LogP contribution in [0, 0.1) is 0 Å². The number of carbonyl (C=O) groups is 2. The lowest BCUT2D eigenvalue weighted by atomic mass is 10.00. The van der Waals surface area contributed by atoms with Gasteiger partial charge in [-0.15, -0.1) is 11.3 Å². The second kappa shape index (κ2) is 4.93. The standard InChI is InChI=1S/C11H15N3O3S/c1-11(9(15)16)3-2-4-14(11)10(17)12-5-8-6-18-7-13-8/h6-7H,2-5H2,1H3,(H,12,17)(H,15,16). The van der Waals surface area contributed by atoms with Gasteiger partial charge in [-0.05, 0) is 19.8 Å². The van der Waals surface area contributed by atoms with Gasteiger partial charge in [-0.3, -0.25) is 0 Å². The van der Waals surface area contributed by atoms with Crippen LogP contribution < -0.4 is 5.32 Å². The van der Waals surface area contributed by atoms with Crippen molar-refractivity contribution in [2.45, 2.75) is 31.8 Å². The summed E-state index contributed by atoms with van der Waals surface area (Å²) in [6, 6.07) is -0.342. The van der Waals surface area contributed by atoms with Crippen molar-refractivity contribution >= 4 is 23.3 Å². The Morgan fingerprint density at radius 2 is 2.44 bits per heavy atom. The molecule has 2 N–H and O–H groups in total. The van der Waals surface area contributed by atoms with Crippen LogP contribution in [0.4, 0.5) is 4.79 Å². The molecule has 0 bridgehead atoms. The monoisotopic (exact) mass is 269 g/mol. The Labute approximate surface area is 109 Å². The molecule has 2 heterocycles. The molecule has 0 saturated carbocycles. The highest BCUT2D eigenvalue weighted by molar-refractivity contribution is 7.07. The van der Waals surface area contributed by atoms with Crippen LogP contribution in [-0.4, -0.2) is 39.1 Å². The van der Waals surface area contributed by atoms with Gasteiger partial charge in [0.25, 0.3) is 0 Å². The first-order valence-corrected chi connectivity index (χ1v) is 6.64. The van der Waals surface area contributed by atoms with Gasteiger partial charge in [0.1, 0.15) is 5.54 Å². The van der Waals surface area contributed by atoms with E-state index in [0.717, 1.165) is 5.69 Å². The molecule has 0 aliphatic carbocycles.